The second kappa shape index (κ2) is 9.67. The molecular weight excluding hydrogens is 438 g/mol. The highest BCUT2D eigenvalue weighted by molar-refractivity contribution is 6.17. The number of carbonyl (C=O) groups excluding carboxylic acids is 2. The summed E-state index contributed by atoms with van der Waals surface area (Å²) in [5, 5.41) is 0. The lowest BCUT2D eigenvalue weighted by Crippen LogP contribution is -2.08. The van der Waals surface area contributed by atoms with Gasteiger partial charge in [-0.1, -0.05) is 0 Å². The number of ether oxygens (including phenoxy) is 2. The van der Waals surface area contributed by atoms with Crippen LogP contribution in [0.4, 0.5) is 8.78 Å². The van der Waals surface area contributed by atoms with E-state index in [4.69, 9.17) is 9.47 Å². The highest BCUT2D eigenvalue weighted by atomic mass is 19.1. The smallest absolute Gasteiger partial charge is 0.193 e. The summed E-state index contributed by atoms with van der Waals surface area (Å²) in [6, 6.07) is 20.2. The summed E-state index contributed by atoms with van der Waals surface area (Å²) in [7, 11) is 3.03. The Balaban J connectivity index is 1.84. The van der Waals surface area contributed by atoms with Crippen LogP contribution in [0.15, 0.2) is 84.9 Å². The van der Waals surface area contributed by atoms with Crippen molar-refractivity contribution >= 4 is 11.6 Å². The summed E-state index contributed by atoms with van der Waals surface area (Å²) >= 11 is 0. The Hall–Kier alpha value is -4.32. The first kappa shape index (κ1) is 22.9. The third-order valence-corrected chi connectivity index (χ3v) is 5.45. The quantitative estimate of drug-likeness (QED) is 0.314. The van der Waals surface area contributed by atoms with Crippen molar-refractivity contribution in [2.75, 3.05) is 14.2 Å². The molecular formula is C28H20F2O4. The number of halogens is 2. The van der Waals surface area contributed by atoms with Crippen molar-refractivity contribution in [2.24, 2.45) is 0 Å². The molecule has 0 atom stereocenters. The topological polar surface area (TPSA) is 52.6 Å². The van der Waals surface area contributed by atoms with Gasteiger partial charge in [-0.05, 0) is 96.1 Å². The largest absolute Gasteiger partial charge is 0.497 e. The first-order valence-electron chi connectivity index (χ1n) is 10.4. The third-order valence-electron chi connectivity index (χ3n) is 5.45. The molecule has 4 nitrogen and oxygen atoms in total. The zero-order valence-electron chi connectivity index (χ0n) is 18.5. The minimum absolute atomic E-state index is 0.122. The Morgan fingerprint density at radius 2 is 0.912 bits per heavy atom. The third kappa shape index (κ3) is 4.57. The van der Waals surface area contributed by atoms with Gasteiger partial charge in [-0.15, -0.1) is 0 Å². The zero-order valence-corrected chi connectivity index (χ0v) is 18.5. The van der Waals surface area contributed by atoms with Crippen LogP contribution in [-0.4, -0.2) is 25.8 Å². The van der Waals surface area contributed by atoms with Crippen molar-refractivity contribution < 1.29 is 27.8 Å². The first-order chi connectivity index (χ1) is 16.4. The van der Waals surface area contributed by atoms with Crippen LogP contribution in [0.2, 0.25) is 0 Å². The minimum atomic E-state index is -0.617. The monoisotopic (exact) mass is 458 g/mol. The maximum Gasteiger partial charge on any atom is 0.193 e. The summed E-state index contributed by atoms with van der Waals surface area (Å²) < 4.78 is 38.9. The van der Waals surface area contributed by atoms with Crippen molar-refractivity contribution in [3.05, 3.63) is 119 Å². The fourth-order valence-electron chi connectivity index (χ4n) is 3.67. The van der Waals surface area contributed by atoms with E-state index in [-0.39, 0.29) is 22.3 Å². The molecule has 0 bridgehead atoms. The second-order valence-corrected chi connectivity index (χ2v) is 7.50. The standard InChI is InChI=1S/C28H20F2O4/c1-33-21-9-3-17(4-10-21)27(31)23-13-7-19(29)15-25(23)26-16-20(30)8-14-24(26)28(32)18-5-11-22(34-2)12-6-18/h3-16H,1-2H3. The molecule has 6 heteroatoms. The van der Waals surface area contributed by atoms with Crippen LogP contribution >= 0.6 is 0 Å². The predicted octanol–water partition coefficient (Wildman–Crippen LogP) is 6.11. The highest BCUT2D eigenvalue weighted by Crippen LogP contribution is 2.32. The summed E-state index contributed by atoms with van der Waals surface area (Å²) in [6.45, 7) is 0. The Morgan fingerprint density at radius 1 is 0.559 bits per heavy atom. The summed E-state index contributed by atoms with van der Waals surface area (Å²) in [6.07, 6.45) is 0. The lowest BCUT2D eigenvalue weighted by Gasteiger charge is -2.14. The van der Waals surface area contributed by atoms with Gasteiger partial charge < -0.3 is 9.47 Å². The molecule has 0 aliphatic carbocycles. The number of methoxy groups -OCH3 is 2. The Kier molecular flexibility index (Phi) is 6.50. The van der Waals surface area contributed by atoms with Crippen LogP contribution in [0.25, 0.3) is 11.1 Å². The van der Waals surface area contributed by atoms with Gasteiger partial charge in [0.05, 0.1) is 14.2 Å². The highest BCUT2D eigenvalue weighted by Gasteiger charge is 2.22. The molecule has 170 valence electrons. The van der Waals surface area contributed by atoms with Crippen LogP contribution in [0.5, 0.6) is 11.5 Å². The van der Waals surface area contributed by atoms with Crippen LogP contribution in [0.3, 0.4) is 0 Å². The van der Waals surface area contributed by atoms with E-state index >= 15 is 0 Å². The van der Waals surface area contributed by atoms with Crippen molar-refractivity contribution in [1.82, 2.24) is 0 Å². The van der Waals surface area contributed by atoms with E-state index < -0.39 is 23.2 Å². The van der Waals surface area contributed by atoms with Gasteiger partial charge in [0.1, 0.15) is 23.1 Å². The molecule has 0 aliphatic rings. The molecule has 0 radical (unpaired) electrons. The van der Waals surface area contributed by atoms with Gasteiger partial charge in [0.2, 0.25) is 0 Å². The number of ketones is 2. The summed E-state index contributed by atoms with van der Waals surface area (Å²) in [5.41, 5.74) is 1.21. The number of rotatable bonds is 7. The van der Waals surface area contributed by atoms with Crippen molar-refractivity contribution in [3.8, 4) is 22.6 Å². The maximum absolute atomic E-state index is 14.3. The normalized spacial score (nSPS) is 10.6. The fourth-order valence-corrected chi connectivity index (χ4v) is 3.67. The number of hydrogen-bond acceptors (Lipinski definition) is 4. The Morgan fingerprint density at radius 3 is 1.24 bits per heavy atom. The molecule has 0 N–H and O–H groups in total. The van der Waals surface area contributed by atoms with Gasteiger partial charge in [0, 0.05) is 22.3 Å². The molecule has 0 unspecified atom stereocenters. The van der Waals surface area contributed by atoms with Crippen molar-refractivity contribution in [2.45, 2.75) is 0 Å². The van der Waals surface area contributed by atoms with E-state index in [0.717, 1.165) is 24.3 Å². The van der Waals surface area contributed by atoms with E-state index in [9.17, 15) is 18.4 Å². The van der Waals surface area contributed by atoms with Crippen molar-refractivity contribution in [1.29, 1.82) is 0 Å². The minimum Gasteiger partial charge on any atom is -0.497 e. The molecule has 0 aromatic heterocycles. The van der Waals surface area contributed by atoms with E-state index in [1.54, 1.807) is 48.5 Å². The van der Waals surface area contributed by atoms with Crippen LogP contribution in [0.1, 0.15) is 31.8 Å². The fraction of sp³-hybridized carbons (Fsp3) is 0.0714. The Bertz CT molecular complexity index is 1250. The van der Waals surface area contributed by atoms with Gasteiger partial charge in [-0.2, -0.15) is 0 Å². The maximum atomic E-state index is 14.3. The molecule has 0 amide bonds. The van der Waals surface area contributed by atoms with Gasteiger partial charge >= 0.3 is 0 Å². The van der Waals surface area contributed by atoms with E-state index in [0.29, 0.717) is 22.6 Å². The SMILES string of the molecule is COc1ccc(C(=O)c2ccc(F)cc2-c2cc(F)ccc2C(=O)c2ccc(OC)cc2)cc1. The van der Waals surface area contributed by atoms with Crippen LogP contribution in [0, 0.1) is 11.6 Å². The molecule has 4 aromatic carbocycles. The average Bonchev–Trinajstić information content (AvgIpc) is 2.88. The molecule has 0 aliphatic heterocycles. The van der Waals surface area contributed by atoms with Crippen LogP contribution < -0.4 is 9.47 Å². The van der Waals surface area contributed by atoms with Gasteiger partial charge in [0.15, 0.2) is 11.6 Å². The van der Waals surface area contributed by atoms with E-state index in [1.165, 1.54) is 26.4 Å². The Labute approximate surface area is 195 Å². The van der Waals surface area contributed by atoms with Gasteiger partial charge in [-0.25, -0.2) is 8.78 Å². The lowest BCUT2D eigenvalue weighted by molar-refractivity contribution is 0.102. The molecule has 0 heterocycles. The lowest BCUT2D eigenvalue weighted by atomic mass is 9.88. The number of benzene rings is 4. The van der Waals surface area contributed by atoms with Gasteiger partial charge in [0.25, 0.3) is 0 Å². The molecule has 4 aromatic rings. The second-order valence-electron chi connectivity index (χ2n) is 7.50. The molecule has 0 fully saturated rings. The average molecular weight is 458 g/mol. The van der Waals surface area contributed by atoms with Crippen molar-refractivity contribution in [3.63, 3.8) is 0 Å². The van der Waals surface area contributed by atoms with Gasteiger partial charge in [-0.3, -0.25) is 9.59 Å². The summed E-state index contributed by atoms with van der Waals surface area (Å²) in [4.78, 5) is 26.6. The zero-order chi connectivity index (χ0) is 24.2. The predicted molar refractivity (Wildman–Crippen MR) is 125 cm³/mol. The van der Waals surface area contributed by atoms with Crippen LogP contribution in [-0.2, 0) is 0 Å². The molecule has 0 spiro atoms. The molecule has 34 heavy (non-hydrogen) atoms. The molecule has 0 saturated heterocycles. The number of hydrogen-bond donors (Lipinski definition) is 0. The molecule has 4 rings (SSSR count). The molecule has 0 saturated carbocycles. The van der Waals surface area contributed by atoms with E-state index in [1.807, 2.05) is 0 Å². The summed E-state index contributed by atoms with van der Waals surface area (Å²) in [5.74, 6) is -0.877. The van der Waals surface area contributed by atoms with E-state index in [2.05, 4.69) is 0 Å². The first-order valence-corrected chi connectivity index (χ1v) is 10.4. The number of carbonyl (C=O) groups is 2.